The fourth-order valence-corrected chi connectivity index (χ4v) is 5.43. The quantitative estimate of drug-likeness (QED) is 0.643. The third-order valence-corrected chi connectivity index (χ3v) is 7.76. The summed E-state index contributed by atoms with van der Waals surface area (Å²) in [5.74, 6) is 1.44. The van der Waals surface area contributed by atoms with Gasteiger partial charge in [-0.25, -0.2) is 8.42 Å². The number of benzene rings is 1. The fraction of sp³-hybridized carbons (Fsp3) is 0.368. The van der Waals surface area contributed by atoms with Crippen LogP contribution in [0.25, 0.3) is 11.4 Å². The lowest BCUT2D eigenvalue weighted by molar-refractivity contribution is 0.292. The maximum absolute atomic E-state index is 12.9. The molecule has 1 saturated carbocycles. The molecule has 1 N–H and O–H groups in total. The van der Waals surface area contributed by atoms with Crippen LogP contribution in [0, 0.1) is 6.92 Å². The molecule has 8 heteroatoms. The van der Waals surface area contributed by atoms with Gasteiger partial charge in [0, 0.05) is 16.9 Å². The summed E-state index contributed by atoms with van der Waals surface area (Å²) in [5, 5.41) is 5.77. The summed E-state index contributed by atoms with van der Waals surface area (Å²) in [6, 6.07) is 7.38. The highest BCUT2D eigenvalue weighted by Gasteiger charge is 2.26. The van der Waals surface area contributed by atoms with Gasteiger partial charge in [0.1, 0.15) is 4.21 Å². The highest BCUT2D eigenvalue weighted by Crippen LogP contribution is 2.37. The van der Waals surface area contributed by atoms with Gasteiger partial charge in [0.2, 0.25) is 11.7 Å². The zero-order valence-corrected chi connectivity index (χ0v) is 16.9. The Balaban J connectivity index is 1.59. The molecule has 0 atom stereocenters. The van der Waals surface area contributed by atoms with Crippen LogP contribution in [0.5, 0.6) is 0 Å². The molecule has 2 aromatic heterocycles. The van der Waals surface area contributed by atoms with Crippen molar-refractivity contribution in [3.05, 3.63) is 46.7 Å². The van der Waals surface area contributed by atoms with E-state index < -0.39 is 10.0 Å². The van der Waals surface area contributed by atoms with E-state index in [0.717, 1.165) is 41.7 Å². The van der Waals surface area contributed by atoms with Crippen molar-refractivity contribution in [2.24, 2.45) is 0 Å². The van der Waals surface area contributed by atoms with Crippen molar-refractivity contribution >= 4 is 27.0 Å². The van der Waals surface area contributed by atoms with Crippen LogP contribution in [-0.4, -0.2) is 18.6 Å². The Kier molecular flexibility index (Phi) is 4.77. The van der Waals surface area contributed by atoms with Gasteiger partial charge in [-0.3, -0.25) is 4.72 Å². The van der Waals surface area contributed by atoms with Gasteiger partial charge in [-0.15, -0.1) is 11.3 Å². The molecule has 0 unspecified atom stereocenters. The molecule has 0 aliphatic heterocycles. The van der Waals surface area contributed by atoms with E-state index in [-0.39, 0.29) is 4.21 Å². The Morgan fingerprint density at radius 3 is 2.85 bits per heavy atom. The van der Waals surface area contributed by atoms with E-state index in [2.05, 4.69) is 14.9 Å². The molecule has 0 bridgehead atoms. The van der Waals surface area contributed by atoms with Crippen molar-refractivity contribution in [3.8, 4) is 11.4 Å². The predicted octanol–water partition coefficient (Wildman–Crippen LogP) is 4.74. The first-order chi connectivity index (χ1) is 13.0. The van der Waals surface area contributed by atoms with Gasteiger partial charge in [0.25, 0.3) is 10.0 Å². The number of aromatic nitrogens is 2. The molecule has 142 valence electrons. The summed E-state index contributed by atoms with van der Waals surface area (Å²) in [5.41, 5.74) is 3.19. The summed E-state index contributed by atoms with van der Waals surface area (Å²) in [6.45, 7) is 3.91. The molecule has 2 heterocycles. The maximum Gasteiger partial charge on any atom is 0.271 e. The number of sulfonamides is 1. The smallest absolute Gasteiger partial charge is 0.271 e. The van der Waals surface area contributed by atoms with Crippen molar-refractivity contribution in [3.63, 3.8) is 0 Å². The van der Waals surface area contributed by atoms with Crippen LogP contribution in [-0.2, 0) is 16.4 Å². The van der Waals surface area contributed by atoms with Crippen LogP contribution in [0.15, 0.2) is 38.4 Å². The Labute approximate surface area is 162 Å². The van der Waals surface area contributed by atoms with Gasteiger partial charge in [-0.2, -0.15) is 4.98 Å². The van der Waals surface area contributed by atoms with E-state index >= 15 is 0 Å². The van der Waals surface area contributed by atoms with E-state index in [1.807, 2.05) is 32.0 Å². The summed E-state index contributed by atoms with van der Waals surface area (Å²) < 4.78 is 34.1. The zero-order chi connectivity index (χ0) is 19.0. The Bertz CT molecular complexity index is 1070. The first kappa shape index (κ1) is 18.2. The van der Waals surface area contributed by atoms with Crippen molar-refractivity contribution in [2.75, 3.05) is 4.72 Å². The van der Waals surface area contributed by atoms with Crippen molar-refractivity contribution in [2.45, 2.75) is 49.7 Å². The number of hydrogen-bond acceptors (Lipinski definition) is 6. The highest BCUT2D eigenvalue weighted by atomic mass is 32.2. The number of rotatable bonds is 6. The van der Waals surface area contributed by atoms with Crippen molar-refractivity contribution in [1.82, 2.24) is 10.1 Å². The lowest BCUT2D eigenvalue weighted by Gasteiger charge is -2.20. The number of nitrogens with one attached hydrogen (secondary N) is 1. The van der Waals surface area contributed by atoms with Crippen LogP contribution in [0.4, 0.5) is 5.69 Å². The van der Waals surface area contributed by atoms with Crippen LogP contribution in [0.2, 0.25) is 0 Å². The van der Waals surface area contributed by atoms with Gasteiger partial charge in [-0.1, -0.05) is 36.7 Å². The average Bonchev–Trinajstić information content (AvgIpc) is 3.24. The Hall–Kier alpha value is -2.19. The minimum atomic E-state index is -3.68. The predicted molar refractivity (Wildman–Crippen MR) is 106 cm³/mol. The minimum absolute atomic E-state index is 0.234. The van der Waals surface area contributed by atoms with Crippen LogP contribution < -0.4 is 4.72 Å². The number of thiophene rings is 1. The molecule has 6 nitrogen and oxygen atoms in total. The standard InChI is InChI=1S/C19H21N3O3S2/c1-3-13-7-4-6-12(2)17(13)22-27(23,24)16-10-15(11-26-16)18-20-19(25-21-18)14-8-5-9-14/h4,6-7,10-11,14,22H,3,5,8-9H2,1-2H3. The fourth-order valence-electron chi connectivity index (χ4n) is 3.10. The van der Waals surface area contributed by atoms with Gasteiger partial charge in [-0.05, 0) is 43.4 Å². The SMILES string of the molecule is CCc1cccc(C)c1NS(=O)(=O)c1cc(-c2noc(C3CCC3)n2)cs1. The van der Waals surface area contributed by atoms with Gasteiger partial charge in [0.15, 0.2) is 0 Å². The molecule has 1 fully saturated rings. The molecule has 0 amide bonds. The first-order valence-electron chi connectivity index (χ1n) is 9.01. The lowest BCUT2D eigenvalue weighted by Crippen LogP contribution is -2.14. The van der Waals surface area contributed by atoms with Crippen molar-refractivity contribution < 1.29 is 12.9 Å². The van der Waals surface area contributed by atoms with E-state index in [9.17, 15) is 8.42 Å². The van der Waals surface area contributed by atoms with Crippen LogP contribution in [0.3, 0.4) is 0 Å². The number of para-hydroxylation sites is 1. The number of anilines is 1. The summed E-state index contributed by atoms with van der Waals surface area (Å²) in [7, 11) is -3.68. The van der Waals surface area contributed by atoms with Crippen LogP contribution >= 0.6 is 11.3 Å². The monoisotopic (exact) mass is 403 g/mol. The molecular weight excluding hydrogens is 382 g/mol. The van der Waals surface area contributed by atoms with Gasteiger partial charge >= 0.3 is 0 Å². The zero-order valence-electron chi connectivity index (χ0n) is 15.2. The molecule has 27 heavy (non-hydrogen) atoms. The second kappa shape index (κ2) is 7.09. The summed E-state index contributed by atoms with van der Waals surface area (Å²) >= 11 is 1.16. The average molecular weight is 404 g/mol. The van der Waals surface area contributed by atoms with E-state index in [0.29, 0.717) is 28.9 Å². The lowest BCUT2D eigenvalue weighted by atomic mass is 9.85. The molecule has 4 rings (SSSR count). The Morgan fingerprint density at radius 1 is 1.33 bits per heavy atom. The molecule has 0 radical (unpaired) electrons. The second-order valence-electron chi connectivity index (χ2n) is 6.81. The van der Waals surface area contributed by atoms with Gasteiger partial charge < -0.3 is 4.52 Å². The maximum atomic E-state index is 12.9. The number of hydrogen-bond donors (Lipinski definition) is 1. The molecule has 3 aromatic rings. The molecular formula is C19H21N3O3S2. The van der Waals surface area contributed by atoms with E-state index in [1.54, 1.807) is 11.4 Å². The number of nitrogens with zero attached hydrogens (tertiary/aromatic N) is 2. The minimum Gasteiger partial charge on any atom is -0.339 e. The third-order valence-electron chi connectivity index (χ3n) is 4.97. The van der Waals surface area contributed by atoms with Gasteiger partial charge in [0.05, 0.1) is 5.69 Å². The van der Waals surface area contributed by atoms with Crippen LogP contribution in [0.1, 0.15) is 49.1 Å². The Morgan fingerprint density at radius 2 is 2.15 bits per heavy atom. The second-order valence-corrected chi connectivity index (χ2v) is 9.63. The number of aryl methyl sites for hydroxylation is 2. The molecule has 0 spiro atoms. The molecule has 1 aliphatic carbocycles. The third kappa shape index (κ3) is 3.51. The normalized spacial score (nSPS) is 14.9. The topological polar surface area (TPSA) is 85.1 Å². The van der Waals surface area contributed by atoms with E-state index in [4.69, 9.17) is 4.52 Å². The largest absolute Gasteiger partial charge is 0.339 e. The van der Waals surface area contributed by atoms with Crippen molar-refractivity contribution in [1.29, 1.82) is 0 Å². The molecule has 1 aliphatic rings. The first-order valence-corrected chi connectivity index (χ1v) is 11.4. The molecule has 0 saturated heterocycles. The summed E-state index contributed by atoms with van der Waals surface area (Å²) in [6.07, 6.45) is 4.09. The van der Waals surface area contributed by atoms with E-state index in [1.165, 1.54) is 6.42 Å². The summed E-state index contributed by atoms with van der Waals surface area (Å²) in [4.78, 5) is 4.44. The highest BCUT2D eigenvalue weighted by molar-refractivity contribution is 7.94. The molecule has 1 aromatic carbocycles.